The molecule has 7 nitrogen and oxygen atoms in total. The lowest BCUT2D eigenvalue weighted by atomic mass is 9.93. The van der Waals surface area contributed by atoms with E-state index in [4.69, 9.17) is 4.74 Å². The summed E-state index contributed by atoms with van der Waals surface area (Å²) in [7, 11) is 1.25. The first-order chi connectivity index (χ1) is 13.9. The number of ether oxygens (including phenoxy) is 2. The highest BCUT2D eigenvalue weighted by molar-refractivity contribution is 5.76. The fourth-order valence-corrected chi connectivity index (χ4v) is 3.33. The first-order valence-electron chi connectivity index (χ1n) is 9.22. The number of halogens is 1. The molecule has 0 unspecified atom stereocenters. The third-order valence-corrected chi connectivity index (χ3v) is 4.92. The van der Waals surface area contributed by atoms with Crippen LogP contribution in [0.15, 0.2) is 36.4 Å². The molecule has 1 aliphatic heterocycles. The van der Waals surface area contributed by atoms with Crippen molar-refractivity contribution in [1.82, 2.24) is 4.90 Å². The molecule has 1 atom stereocenters. The summed E-state index contributed by atoms with van der Waals surface area (Å²) in [5.74, 6) is -0.859. The fourth-order valence-electron chi connectivity index (χ4n) is 3.33. The van der Waals surface area contributed by atoms with Gasteiger partial charge in [0.1, 0.15) is 24.6 Å². The Balaban J connectivity index is 1.95. The van der Waals surface area contributed by atoms with Gasteiger partial charge >= 0.3 is 12.1 Å². The molecule has 29 heavy (non-hydrogen) atoms. The summed E-state index contributed by atoms with van der Waals surface area (Å²) in [5, 5.41) is 12.2. The minimum atomic E-state index is -1.05. The molecule has 0 aliphatic carbocycles. The summed E-state index contributed by atoms with van der Waals surface area (Å²) < 4.78 is 25.8. The van der Waals surface area contributed by atoms with Gasteiger partial charge in [0.25, 0.3) is 0 Å². The zero-order valence-corrected chi connectivity index (χ0v) is 16.3. The van der Waals surface area contributed by atoms with E-state index in [2.05, 4.69) is 10.1 Å². The number of amides is 1. The van der Waals surface area contributed by atoms with Crippen molar-refractivity contribution < 1.29 is 28.6 Å². The number of nitrogens with one attached hydrogen (secondary N) is 1. The van der Waals surface area contributed by atoms with Gasteiger partial charge < -0.3 is 24.8 Å². The van der Waals surface area contributed by atoms with Gasteiger partial charge in [0, 0.05) is 12.6 Å². The van der Waals surface area contributed by atoms with Crippen LogP contribution in [0.4, 0.5) is 14.9 Å². The Morgan fingerprint density at radius 1 is 1.31 bits per heavy atom. The molecule has 3 rings (SSSR count). The molecule has 0 aromatic heterocycles. The lowest BCUT2D eigenvalue weighted by molar-refractivity contribution is -0.138. The van der Waals surface area contributed by atoms with E-state index >= 15 is 4.39 Å². The predicted octanol–water partition coefficient (Wildman–Crippen LogP) is 3.41. The highest BCUT2D eigenvalue weighted by Crippen LogP contribution is 2.37. The van der Waals surface area contributed by atoms with Crippen LogP contribution >= 0.6 is 0 Å². The molecule has 2 N–H and O–H groups in total. The number of anilines is 1. The Hall–Kier alpha value is -3.29. The number of hydrogen-bond donors (Lipinski definition) is 2. The molecule has 1 amide bonds. The quantitative estimate of drug-likeness (QED) is 0.720. The van der Waals surface area contributed by atoms with E-state index in [1.807, 2.05) is 30.3 Å². The van der Waals surface area contributed by atoms with Crippen molar-refractivity contribution >= 4 is 17.7 Å². The predicted molar refractivity (Wildman–Crippen MR) is 104 cm³/mol. The molecule has 0 radical (unpaired) electrons. The Morgan fingerprint density at radius 2 is 2.03 bits per heavy atom. The molecule has 154 valence electrons. The summed E-state index contributed by atoms with van der Waals surface area (Å²) in [6, 6.07) is 10.7. The number of benzene rings is 2. The fraction of sp³-hybridized carbons (Fsp3) is 0.333. The minimum Gasteiger partial charge on any atom is -0.487 e. The van der Waals surface area contributed by atoms with Gasteiger partial charge in [-0.1, -0.05) is 30.3 Å². The van der Waals surface area contributed by atoms with Crippen molar-refractivity contribution in [1.29, 1.82) is 0 Å². The molecule has 2 aromatic carbocycles. The second kappa shape index (κ2) is 8.81. The zero-order valence-electron chi connectivity index (χ0n) is 16.3. The van der Waals surface area contributed by atoms with Gasteiger partial charge in [-0.15, -0.1) is 0 Å². The lowest BCUT2D eigenvalue weighted by Crippen LogP contribution is -2.42. The second-order valence-electron chi connectivity index (χ2n) is 6.87. The molecule has 0 fully saturated rings. The van der Waals surface area contributed by atoms with Crippen molar-refractivity contribution in [2.45, 2.75) is 32.5 Å². The van der Waals surface area contributed by atoms with E-state index in [1.54, 1.807) is 13.0 Å². The van der Waals surface area contributed by atoms with Crippen molar-refractivity contribution in [2.75, 3.05) is 19.0 Å². The summed E-state index contributed by atoms with van der Waals surface area (Å²) in [5.41, 5.74) is 1.94. The molecule has 0 saturated heterocycles. The van der Waals surface area contributed by atoms with Crippen molar-refractivity contribution in [3.63, 3.8) is 0 Å². The number of rotatable bonds is 6. The highest BCUT2D eigenvalue weighted by Gasteiger charge is 2.31. The van der Waals surface area contributed by atoms with Crippen molar-refractivity contribution in [3.8, 4) is 5.75 Å². The average molecular weight is 402 g/mol. The van der Waals surface area contributed by atoms with Crippen LogP contribution in [0.3, 0.4) is 0 Å². The molecule has 8 heteroatoms. The van der Waals surface area contributed by atoms with E-state index < -0.39 is 17.9 Å². The molecule has 1 aliphatic rings. The number of hydrogen-bond acceptors (Lipinski definition) is 5. The van der Waals surface area contributed by atoms with E-state index in [-0.39, 0.29) is 43.6 Å². The largest absolute Gasteiger partial charge is 0.487 e. The third-order valence-electron chi connectivity index (χ3n) is 4.92. The van der Waals surface area contributed by atoms with Crippen molar-refractivity contribution in [2.24, 2.45) is 0 Å². The maximum absolute atomic E-state index is 15.3. The lowest BCUT2D eigenvalue weighted by Gasteiger charge is -2.33. The number of carbonyl (C=O) groups is 2. The van der Waals surface area contributed by atoms with Crippen LogP contribution in [0.25, 0.3) is 0 Å². The maximum atomic E-state index is 15.3. The van der Waals surface area contributed by atoms with Gasteiger partial charge in [-0.05, 0) is 36.1 Å². The Bertz CT molecular complexity index is 904. The number of fused-ring (bicyclic) bond motifs is 1. The van der Waals surface area contributed by atoms with Crippen LogP contribution < -0.4 is 10.1 Å². The maximum Gasteiger partial charge on any atom is 0.407 e. The van der Waals surface area contributed by atoms with Crippen LogP contribution in [0.5, 0.6) is 5.75 Å². The first-order valence-corrected chi connectivity index (χ1v) is 9.22. The molecular weight excluding hydrogens is 379 g/mol. The van der Waals surface area contributed by atoms with Gasteiger partial charge in [0.15, 0.2) is 5.82 Å². The number of esters is 1. The SMILES string of the molecule is COC(=O)CNc1c(OCc2ccccc2)cc2c(c1F)C[C@H](C)N(C(=O)O)C2. The normalized spacial score (nSPS) is 15.4. The summed E-state index contributed by atoms with van der Waals surface area (Å²) in [6.45, 7) is 1.79. The van der Waals surface area contributed by atoms with E-state index in [0.29, 0.717) is 11.1 Å². The zero-order chi connectivity index (χ0) is 21.0. The summed E-state index contributed by atoms with van der Waals surface area (Å²) >= 11 is 0. The van der Waals surface area contributed by atoms with Crippen LogP contribution in [0.2, 0.25) is 0 Å². The van der Waals surface area contributed by atoms with Gasteiger partial charge in [0.05, 0.1) is 7.11 Å². The van der Waals surface area contributed by atoms with E-state index in [1.165, 1.54) is 12.0 Å². The molecular formula is C21H23FN2O5. The molecule has 0 bridgehead atoms. The van der Waals surface area contributed by atoms with Gasteiger partial charge in [-0.25, -0.2) is 9.18 Å². The first kappa shape index (κ1) is 20.4. The Morgan fingerprint density at radius 3 is 2.69 bits per heavy atom. The molecule has 0 saturated carbocycles. The highest BCUT2D eigenvalue weighted by atomic mass is 19.1. The summed E-state index contributed by atoms with van der Waals surface area (Å²) in [6.07, 6.45) is -0.817. The van der Waals surface area contributed by atoms with Gasteiger partial charge in [0.2, 0.25) is 0 Å². The van der Waals surface area contributed by atoms with Gasteiger partial charge in [-0.3, -0.25) is 4.79 Å². The van der Waals surface area contributed by atoms with E-state index in [0.717, 1.165) is 5.56 Å². The van der Waals surface area contributed by atoms with Crippen LogP contribution in [-0.4, -0.2) is 41.8 Å². The molecule has 1 heterocycles. The summed E-state index contributed by atoms with van der Waals surface area (Å²) in [4.78, 5) is 24.3. The van der Waals surface area contributed by atoms with Crippen LogP contribution in [0.1, 0.15) is 23.6 Å². The van der Waals surface area contributed by atoms with E-state index in [9.17, 15) is 14.7 Å². The van der Waals surface area contributed by atoms with Crippen LogP contribution in [-0.2, 0) is 29.1 Å². The monoisotopic (exact) mass is 402 g/mol. The molecule has 2 aromatic rings. The van der Waals surface area contributed by atoms with Gasteiger partial charge in [-0.2, -0.15) is 0 Å². The smallest absolute Gasteiger partial charge is 0.407 e. The standard InChI is InChI=1S/C21H23FN2O5/c1-13-8-16-15(11-24(13)21(26)27)9-17(29-12-14-6-4-3-5-7-14)20(19(16)22)23-10-18(25)28-2/h3-7,9,13,23H,8,10-12H2,1-2H3,(H,26,27)/t13-/m0/s1. The Kier molecular flexibility index (Phi) is 6.21. The third kappa shape index (κ3) is 4.59. The topological polar surface area (TPSA) is 88.1 Å². The Labute approximate surface area is 168 Å². The number of methoxy groups -OCH3 is 1. The number of carbonyl (C=O) groups excluding carboxylic acids is 1. The number of nitrogens with zero attached hydrogens (tertiary/aromatic N) is 1. The van der Waals surface area contributed by atoms with Crippen LogP contribution in [0, 0.1) is 5.82 Å². The number of carboxylic acid groups (broad SMARTS) is 1. The average Bonchev–Trinajstić information content (AvgIpc) is 2.72. The molecule has 0 spiro atoms. The minimum absolute atomic E-state index is 0.0704. The second-order valence-corrected chi connectivity index (χ2v) is 6.87. The van der Waals surface area contributed by atoms with Crippen molar-refractivity contribution in [3.05, 3.63) is 58.9 Å².